The van der Waals surface area contributed by atoms with Crippen molar-refractivity contribution in [2.75, 3.05) is 0 Å². The van der Waals surface area contributed by atoms with Gasteiger partial charge in [-0.05, 0) is 82.2 Å². The molecule has 0 amide bonds. The molecule has 7 rings (SSSR count). The number of ether oxygens (including phenoxy) is 1. The van der Waals surface area contributed by atoms with E-state index in [4.69, 9.17) is 14.2 Å². The minimum Gasteiger partial charge on any atom is -0.376 e. The third kappa shape index (κ3) is 2.98. The molecule has 1 aromatic carbocycles. The second kappa shape index (κ2) is 6.96. The van der Waals surface area contributed by atoms with Crippen molar-refractivity contribution < 1.29 is 14.4 Å². The monoisotopic (exact) mass is 457 g/mol. The van der Waals surface area contributed by atoms with E-state index < -0.39 is 11.7 Å². The Balaban J connectivity index is 1.50. The van der Waals surface area contributed by atoms with Crippen molar-refractivity contribution >= 4 is 11.0 Å². The number of aryl methyl sites for hydroxylation is 2. The lowest BCUT2D eigenvalue weighted by atomic mass is 9.81. The Hall–Kier alpha value is -3.10. The second-order valence-corrected chi connectivity index (χ2v) is 10.2. The number of nitrogens with zero attached hydrogens (tertiary/aromatic N) is 4. The molecule has 0 radical (unpaired) electrons. The van der Waals surface area contributed by atoms with Gasteiger partial charge in [0.25, 0.3) is 0 Å². The number of rotatable bonds is 5. The average Bonchev–Trinajstić information content (AvgIpc) is 3.71. The zero-order valence-electron chi connectivity index (χ0n) is 19.3. The number of hydrogen-bond acceptors (Lipinski definition) is 7. The van der Waals surface area contributed by atoms with Crippen LogP contribution in [-0.2, 0) is 10.3 Å². The summed E-state index contributed by atoms with van der Waals surface area (Å²) in [6.45, 7) is 3.84. The number of imidazole rings is 1. The molecule has 1 aliphatic heterocycles. The van der Waals surface area contributed by atoms with Gasteiger partial charge >= 0.3 is 0 Å². The molecule has 8 nitrogen and oxygen atoms in total. The quantitative estimate of drug-likeness (QED) is 0.456. The molecule has 0 bridgehead atoms. The van der Waals surface area contributed by atoms with Gasteiger partial charge in [0.05, 0.1) is 28.4 Å². The Kier molecular flexibility index (Phi) is 4.15. The number of H-pyrrole nitrogens is 1. The number of benzene rings is 1. The summed E-state index contributed by atoms with van der Waals surface area (Å²) in [4.78, 5) is 8.53. The summed E-state index contributed by atoms with van der Waals surface area (Å²) < 4.78 is 12.0. The van der Waals surface area contributed by atoms with E-state index in [9.17, 15) is 5.11 Å². The van der Waals surface area contributed by atoms with E-state index in [0.717, 1.165) is 78.0 Å². The lowest BCUT2D eigenvalue weighted by Crippen LogP contribution is -2.42. The maximum atomic E-state index is 12.6. The van der Waals surface area contributed by atoms with E-state index >= 15 is 0 Å². The van der Waals surface area contributed by atoms with Crippen LogP contribution in [0, 0.1) is 13.8 Å². The zero-order chi connectivity index (χ0) is 23.1. The fraction of sp³-hybridized carbons (Fsp3) is 0.462. The first-order valence-electron chi connectivity index (χ1n) is 12.1. The molecule has 4 aromatic rings. The van der Waals surface area contributed by atoms with E-state index in [2.05, 4.69) is 26.4 Å². The summed E-state index contributed by atoms with van der Waals surface area (Å²) in [5.41, 5.74) is 3.87. The smallest absolute Gasteiger partial charge is 0.161 e. The molecule has 0 unspecified atom stereocenters. The van der Waals surface area contributed by atoms with Gasteiger partial charge in [0.1, 0.15) is 17.3 Å². The van der Waals surface area contributed by atoms with Crippen LogP contribution in [0.25, 0.3) is 22.2 Å². The Bertz CT molecular complexity index is 1380. The minimum atomic E-state index is -1.50. The highest BCUT2D eigenvalue weighted by Crippen LogP contribution is 2.54. The second-order valence-electron chi connectivity index (χ2n) is 10.2. The summed E-state index contributed by atoms with van der Waals surface area (Å²) in [7, 11) is 0. The van der Waals surface area contributed by atoms with Crippen LogP contribution < -0.4 is 0 Å². The molecular formula is C26H27N5O3. The highest BCUT2D eigenvalue weighted by molar-refractivity contribution is 5.87. The van der Waals surface area contributed by atoms with E-state index in [1.54, 1.807) is 6.20 Å². The molecule has 2 atom stereocenters. The summed E-state index contributed by atoms with van der Waals surface area (Å²) >= 11 is 0. The Morgan fingerprint density at radius 3 is 2.65 bits per heavy atom. The van der Waals surface area contributed by atoms with Gasteiger partial charge < -0.3 is 19.4 Å². The van der Waals surface area contributed by atoms with Gasteiger partial charge in [-0.2, -0.15) is 10.2 Å². The van der Waals surface area contributed by atoms with Crippen LogP contribution in [-0.4, -0.2) is 42.1 Å². The molecule has 2 N–H and O–H groups in total. The number of aliphatic hydroxyl groups is 1. The summed E-state index contributed by atoms with van der Waals surface area (Å²) in [5.74, 6) is 2.16. The van der Waals surface area contributed by atoms with Crippen molar-refractivity contribution in [3.8, 4) is 11.1 Å². The first-order valence-corrected chi connectivity index (χ1v) is 12.1. The highest BCUT2D eigenvalue weighted by atomic mass is 16.5. The fourth-order valence-electron chi connectivity index (χ4n) is 5.61. The van der Waals surface area contributed by atoms with Gasteiger partial charge in [-0.15, -0.1) is 0 Å². The van der Waals surface area contributed by atoms with Crippen LogP contribution in [0.3, 0.4) is 0 Å². The molecule has 1 saturated heterocycles. The first kappa shape index (κ1) is 20.3. The lowest BCUT2D eigenvalue weighted by Gasteiger charge is -2.34. The van der Waals surface area contributed by atoms with Crippen molar-refractivity contribution in [2.24, 2.45) is 0 Å². The molecule has 3 fully saturated rings. The number of fused-ring (bicyclic) bond motifs is 1. The molecule has 2 aliphatic carbocycles. The molecule has 3 aromatic heterocycles. The van der Waals surface area contributed by atoms with Crippen molar-refractivity contribution in [1.29, 1.82) is 0 Å². The fourth-order valence-corrected chi connectivity index (χ4v) is 5.61. The molecule has 4 heterocycles. The third-order valence-electron chi connectivity index (χ3n) is 7.79. The number of aromatic amines is 1. The van der Waals surface area contributed by atoms with Gasteiger partial charge in [-0.25, -0.2) is 4.98 Å². The van der Waals surface area contributed by atoms with Crippen LogP contribution in [0.1, 0.15) is 73.0 Å². The van der Waals surface area contributed by atoms with Gasteiger partial charge in [-0.1, -0.05) is 5.16 Å². The van der Waals surface area contributed by atoms with Gasteiger partial charge in [0.2, 0.25) is 0 Å². The zero-order valence-corrected chi connectivity index (χ0v) is 19.3. The van der Waals surface area contributed by atoms with Crippen molar-refractivity contribution in [3.63, 3.8) is 0 Å². The summed E-state index contributed by atoms with van der Waals surface area (Å²) in [6, 6.07) is 7.74. The first-order chi connectivity index (χ1) is 16.5. The molecule has 3 aliphatic rings. The predicted molar refractivity (Wildman–Crippen MR) is 124 cm³/mol. The van der Waals surface area contributed by atoms with E-state index in [-0.39, 0.29) is 5.60 Å². The molecule has 174 valence electrons. The Morgan fingerprint density at radius 1 is 1.15 bits per heavy atom. The number of nitrogens with one attached hydrogen (secondary N) is 1. The Labute approximate surface area is 196 Å². The van der Waals surface area contributed by atoms with Crippen molar-refractivity contribution in [3.05, 3.63) is 59.0 Å². The minimum absolute atomic E-state index is 0.0933. The molecule has 1 spiro atoms. The summed E-state index contributed by atoms with van der Waals surface area (Å²) in [6.07, 6.45) is 7.24. The van der Waals surface area contributed by atoms with Crippen LogP contribution in [0.4, 0.5) is 0 Å². The van der Waals surface area contributed by atoms with Crippen molar-refractivity contribution in [2.45, 2.75) is 75.6 Å². The van der Waals surface area contributed by atoms with Crippen molar-refractivity contribution in [1.82, 2.24) is 25.3 Å². The van der Waals surface area contributed by atoms with Crippen LogP contribution in [0.2, 0.25) is 0 Å². The highest BCUT2D eigenvalue weighted by Gasteiger charge is 2.57. The van der Waals surface area contributed by atoms with E-state index in [1.165, 1.54) is 0 Å². The Morgan fingerprint density at radius 2 is 2.00 bits per heavy atom. The summed E-state index contributed by atoms with van der Waals surface area (Å²) in [5, 5.41) is 25.3. The number of aromatic nitrogens is 5. The topological polar surface area (TPSA) is 110 Å². The van der Waals surface area contributed by atoms with Gasteiger partial charge in [-0.3, -0.25) is 0 Å². The SMILES string of the molecule is Cc1noc(C)c1-c1cc([C@](O)(c2cccnn2)[C@H]2CCC3(CC3)O2)c2nc(C3CC3)[nH]c2c1. The lowest BCUT2D eigenvalue weighted by molar-refractivity contribution is -0.0937. The van der Waals surface area contributed by atoms with E-state index in [0.29, 0.717) is 17.2 Å². The van der Waals surface area contributed by atoms with Gasteiger partial charge in [0, 0.05) is 23.2 Å². The molecule has 8 heteroatoms. The normalized spacial score (nSPS) is 23.0. The standard InChI is InChI=1S/C26H27N5O3/c1-14-22(15(2)34-31-14)17-12-18(23-19(13-17)28-24(29-23)16-5-6-16)26(32,20-4-3-11-27-30-20)21-7-8-25(33-21)9-10-25/h3-4,11-13,16,21,32H,5-10H2,1-2H3,(H,28,29)/t21-,26+/m1/s1. The largest absolute Gasteiger partial charge is 0.376 e. The maximum absolute atomic E-state index is 12.6. The predicted octanol–water partition coefficient (Wildman–Crippen LogP) is 4.45. The molecule has 2 saturated carbocycles. The van der Waals surface area contributed by atoms with Crippen LogP contribution in [0.5, 0.6) is 0 Å². The third-order valence-corrected chi connectivity index (χ3v) is 7.79. The average molecular weight is 458 g/mol. The van der Waals surface area contributed by atoms with E-state index in [1.807, 2.05) is 32.0 Å². The molecular weight excluding hydrogens is 430 g/mol. The number of hydrogen-bond donors (Lipinski definition) is 2. The molecule has 34 heavy (non-hydrogen) atoms. The maximum Gasteiger partial charge on any atom is 0.161 e. The van der Waals surface area contributed by atoms with Crippen LogP contribution in [0.15, 0.2) is 35.0 Å². The van der Waals surface area contributed by atoms with Gasteiger partial charge in [0.15, 0.2) is 5.60 Å². The van der Waals surface area contributed by atoms with Crippen LogP contribution >= 0.6 is 0 Å².